The Morgan fingerprint density at radius 2 is 1.57 bits per heavy atom. The summed E-state index contributed by atoms with van der Waals surface area (Å²) in [6.07, 6.45) is 2.25. The molecule has 0 bridgehead atoms. The van der Waals surface area contributed by atoms with Crippen LogP contribution in [0, 0.1) is 18.8 Å². The lowest BCUT2D eigenvalue weighted by molar-refractivity contribution is -0.132. The van der Waals surface area contributed by atoms with Gasteiger partial charge in [-0.3, -0.25) is 4.79 Å². The number of hydrogen-bond acceptors (Lipinski definition) is 5. The van der Waals surface area contributed by atoms with Crippen LogP contribution in [0.3, 0.4) is 0 Å². The van der Waals surface area contributed by atoms with Crippen molar-refractivity contribution in [3.05, 3.63) is 54.1 Å². The molecule has 5 nitrogen and oxygen atoms in total. The van der Waals surface area contributed by atoms with Crippen molar-refractivity contribution in [3.8, 4) is 0 Å². The quantitative estimate of drug-likeness (QED) is 0.479. The van der Waals surface area contributed by atoms with Crippen LogP contribution in [0.15, 0.2) is 53.4 Å². The number of fused-ring (bicyclic) bond motifs is 1. The molecule has 3 aliphatic rings. The highest BCUT2D eigenvalue weighted by Crippen LogP contribution is 2.37. The molecule has 0 aromatic heterocycles. The van der Waals surface area contributed by atoms with Gasteiger partial charge in [0.15, 0.2) is 0 Å². The van der Waals surface area contributed by atoms with E-state index in [1.807, 2.05) is 4.90 Å². The van der Waals surface area contributed by atoms with Crippen molar-refractivity contribution in [3.63, 3.8) is 0 Å². The van der Waals surface area contributed by atoms with E-state index >= 15 is 0 Å². The summed E-state index contributed by atoms with van der Waals surface area (Å²) in [7, 11) is 0. The average molecular weight is 533 g/mol. The average Bonchev–Trinajstić information content (AvgIpc) is 3.43. The van der Waals surface area contributed by atoms with Crippen LogP contribution in [0.4, 0.5) is 24.5 Å². The summed E-state index contributed by atoms with van der Waals surface area (Å²) in [5.41, 5.74) is -0.851. The normalized spacial score (nSPS) is 22.9. The second-order valence-corrected chi connectivity index (χ2v) is 11.8. The van der Waals surface area contributed by atoms with Gasteiger partial charge in [-0.1, -0.05) is 17.7 Å². The number of carbonyl (C=O) groups excluding carboxylic acids is 1. The van der Waals surface area contributed by atoms with E-state index in [2.05, 4.69) is 46.3 Å². The number of likely N-dealkylation sites (tertiary alicyclic amines) is 2. The standard InChI is InChI=1S/C28H35F3N4OS/c1-20-2-6-25(7-3-20)35-18-21-16-33(17-22(21)19-35)13-12-27(36)34-14-10-24(11-15-34)32-23-4-8-26(9-5-23)37-28(29,30)31/h2-9,21-22,24,32H,10-19H2,1H3. The molecule has 9 heteroatoms. The number of carbonyl (C=O) groups is 1. The summed E-state index contributed by atoms with van der Waals surface area (Å²) in [6, 6.07) is 15.4. The van der Waals surface area contributed by atoms with Gasteiger partial charge in [-0.2, -0.15) is 13.2 Å². The lowest BCUT2D eigenvalue weighted by Crippen LogP contribution is -2.43. The third-order valence-electron chi connectivity index (χ3n) is 7.91. The molecule has 0 radical (unpaired) electrons. The third-order valence-corrected chi connectivity index (χ3v) is 8.65. The summed E-state index contributed by atoms with van der Waals surface area (Å²) < 4.78 is 37.5. The molecular weight excluding hydrogens is 497 g/mol. The van der Waals surface area contributed by atoms with Crippen LogP contribution in [0.1, 0.15) is 24.8 Å². The largest absolute Gasteiger partial charge is 0.446 e. The first-order valence-electron chi connectivity index (χ1n) is 13.2. The van der Waals surface area contributed by atoms with Gasteiger partial charge in [0.25, 0.3) is 0 Å². The van der Waals surface area contributed by atoms with E-state index in [0.29, 0.717) is 18.3 Å². The minimum atomic E-state index is -4.27. The van der Waals surface area contributed by atoms with E-state index in [1.54, 1.807) is 12.1 Å². The van der Waals surface area contributed by atoms with Crippen molar-refractivity contribution >= 4 is 29.0 Å². The number of alkyl halides is 3. The SMILES string of the molecule is Cc1ccc(N2CC3CN(CCC(=O)N4CCC(Nc5ccc(SC(F)(F)F)cc5)CC4)CC3C2)cc1. The minimum absolute atomic E-state index is 0.101. The number of nitrogens with zero attached hydrogens (tertiary/aromatic N) is 3. The lowest BCUT2D eigenvalue weighted by Gasteiger charge is -2.33. The zero-order valence-electron chi connectivity index (χ0n) is 21.2. The molecule has 2 aromatic carbocycles. The second kappa shape index (κ2) is 11.2. The Hall–Kier alpha value is -2.39. The maximum absolute atomic E-state index is 12.9. The number of rotatable bonds is 7. The Balaban J connectivity index is 1.00. The number of hydrogen-bond donors (Lipinski definition) is 1. The van der Waals surface area contributed by atoms with Gasteiger partial charge in [-0.25, -0.2) is 0 Å². The number of nitrogens with one attached hydrogen (secondary N) is 1. The van der Waals surface area contributed by atoms with Crippen LogP contribution in [-0.2, 0) is 4.79 Å². The monoisotopic (exact) mass is 532 g/mol. The molecule has 1 amide bonds. The first kappa shape index (κ1) is 26.2. The molecule has 2 atom stereocenters. The van der Waals surface area contributed by atoms with Crippen molar-refractivity contribution in [2.45, 2.75) is 42.6 Å². The van der Waals surface area contributed by atoms with E-state index in [4.69, 9.17) is 0 Å². The first-order valence-corrected chi connectivity index (χ1v) is 14.0. The number of piperidine rings is 1. The summed E-state index contributed by atoms with van der Waals surface area (Å²) in [4.78, 5) is 20.0. The van der Waals surface area contributed by atoms with E-state index < -0.39 is 5.51 Å². The highest BCUT2D eigenvalue weighted by atomic mass is 32.2. The summed E-state index contributed by atoms with van der Waals surface area (Å²) in [5, 5.41) is 3.41. The molecule has 3 heterocycles. The Morgan fingerprint density at radius 1 is 0.946 bits per heavy atom. The van der Waals surface area contributed by atoms with Gasteiger partial charge in [0.1, 0.15) is 0 Å². The van der Waals surface area contributed by atoms with Crippen molar-refractivity contribution in [2.75, 3.05) is 56.0 Å². The van der Waals surface area contributed by atoms with Crippen LogP contribution in [0.25, 0.3) is 0 Å². The maximum Gasteiger partial charge on any atom is 0.446 e. The van der Waals surface area contributed by atoms with E-state index in [1.165, 1.54) is 23.4 Å². The van der Waals surface area contributed by atoms with Crippen molar-refractivity contribution < 1.29 is 18.0 Å². The van der Waals surface area contributed by atoms with Crippen LogP contribution in [0.5, 0.6) is 0 Å². The highest BCUT2D eigenvalue weighted by Gasteiger charge is 2.40. The van der Waals surface area contributed by atoms with Gasteiger partial charge in [0, 0.05) is 74.5 Å². The number of amides is 1. The summed E-state index contributed by atoms with van der Waals surface area (Å²) in [5.74, 6) is 1.59. The second-order valence-electron chi connectivity index (χ2n) is 10.6. The molecule has 3 aliphatic heterocycles. The Labute approximate surface area is 221 Å². The molecule has 3 fully saturated rings. The number of anilines is 2. The van der Waals surface area contributed by atoms with Crippen molar-refractivity contribution in [1.82, 2.24) is 9.80 Å². The van der Waals surface area contributed by atoms with Gasteiger partial charge < -0.3 is 20.0 Å². The Bertz CT molecular complexity index is 1040. The molecule has 3 saturated heterocycles. The zero-order valence-corrected chi connectivity index (χ0v) is 22.0. The number of halogens is 3. The van der Waals surface area contributed by atoms with E-state index in [9.17, 15) is 18.0 Å². The highest BCUT2D eigenvalue weighted by molar-refractivity contribution is 8.00. The van der Waals surface area contributed by atoms with Crippen LogP contribution < -0.4 is 10.2 Å². The predicted octanol–water partition coefficient (Wildman–Crippen LogP) is 5.47. The molecular formula is C28H35F3N4OS. The topological polar surface area (TPSA) is 38.8 Å². The van der Waals surface area contributed by atoms with Crippen LogP contribution in [-0.4, -0.2) is 73.1 Å². The van der Waals surface area contributed by atoms with Gasteiger partial charge in [-0.15, -0.1) is 0 Å². The van der Waals surface area contributed by atoms with Crippen molar-refractivity contribution in [1.29, 1.82) is 0 Å². The van der Waals surface area contributed by atoms with Gasteiger partial charge in [0.2, 0.25) is 5.91 Å². The molecule has 0 spiro atoms. The summed E-state index contributed by atoms with van der Waals surface area (Å²) in [6.45, 7) is 8.73. The first-order chi connectivity index (χ1) is 17.7. The number of aryl methyl sites for hydroxylation is 1. The Kier molecular flexibility index (Phi) is 7.91. The minimum Gasteiger partial charge on any atom is -0.382 e. The zero-order chi connectivity index (χ0) is 26.0. The van der Waals surface area contributed by atoms with E-state index in [-0.39, 0.29) is 28.6 Å². The van der Waals surface area contributed by atoms with Crippen LogP contribution in [0.2, 0.25) is 0 Å². The third kappa shape index (κ3) is 6.93. The molecule has 1 N–H and O–H groups in total. The summed E-state index contributed by atoms with van der Waals surface area (Å²) >= 11 is -0.101. The van der Waals surface area contributed by atoms with Gasteiger partial charge >= 0.3 is 5.51 Å². The molecule has 2 unspecified atom stereocenters. The van der Waals surface area contributed by atoms with Crippen LogP contribution >= 0.6 is 11.8 Å². The molecule has 5 rings (SSSR count). The van der Waals surface area contributed by atoms with E-state index in [0.717, 1.165) is 64.3 Å². The molecule has 2 aromatic rings. The lowest BCUT2D eigenvalue weighted by atomic mass is 10.0. The number of benzene rings is 2. The molecule has 200 valence electrons. The smallest absolute Gasteiger partial charge is 0.382 e. The fourth-order valence-electron chi connectivity index (χ4n) is 5.91. The molecule has 0 aliphatic carbocycles. The molecule has 37 heavy (non-hydrogen) atoms. The Morgan fingerprint density at radius 3 is 2.16 bits per heavy atom. The van der Waals surface area contributed by atoms with Gasteiger partial charge in [0.05, 0.1) is 0 Å². The fourth-order valence-corrected chi connectivity index (χ4v) is 6.45. The number of thioether (sulfide) groups is 1. The van der Waals surface area contributed by atoms with Gasteiger partial charge in [-0.05, 0) is 79.8 Å². The predicted molar refractivity (Wildman–Crippen MR) is 143 cm³/mol. The molecule has 0 saturated carbocycles. The van der Waals surface area contributed by atoms with Crippen molar-refractivity contribution in [2.24, 2.45) is 11.8 Å². The fraction of sp³-hybridized carbons (Fsp3) is 0.536. The maximum atomic E-state index is 12.9.